The molecule has 0 aliphatic heterocycles. The molecule has 0 radical (unpaired) electrons. The SMILES string of the molecule is COc1cccc(CNC(=O)CSc2nc3ccccc3c(=O)n2-c2c(C)cccc2C)c1. The molecule has 0 saturated heterocycles. The lowest BCUT2D eigenvalue weighted by molar-refractivity contribution is -0.118. The van der Waals surface area contributed by atoms with E-state index in [4.69, 9.17) is 9.72 Å². The fourth-order valence-corrected chi connectivity index (χ4v) is 4.56. The van der Waals surface area contributed by atoms with Crippen molar-refractivity contribution in [2.45, 2.75) is 25.5 Å². The Balaban J connectivity index is 1.62. The molecule has 0 bridgehead atoms. The zero-order valence-electron chi connectivity index (χ0n) is 18.8. The predicted octanol–water partition coefficient (Wildman–Crippen LogP) is 4.42. The van der Waals surface area contributed by atoms with Gasteiger partial charge in [-0.25, -0.2) is 4.98 Å². The quantitative estimate of drug-likeness (QED) is 0.327. The molecular formula is C26H25N3O3S. The molecule has 7 heteroatoms. The number of para-hydroxylation sites is 2. The van der Waals surface area contributed by atoms with Crippen LogP contribution in [0.1, 0.15) is 16.7 Å². The number of methoxy groups -OCH3 is 1. The monoisotopic (exact) mass is 459 g/mol. The van der Waals surface area contributed by atoms with Crippen molar-refractivity contribution in [3.05, 3.63) is 93.8 Å². The van der Waals surface area contributed by atoms with Crippen LogP contribution in [0.4, 0.5) is 0 Å². The second-order valence-corrected chi connectivity index (χ2v) is 8.65. The van der Waals surface area contributed by atoms with Crippen molar-refractivity contribution < 1.29 is 9.53 Å². The summed E-state index contributed by atoms with van der Waals surface area (Å²) < 4.78 is 6.86. The van der Waals surface area contributed by atoms with E-state index in [0.717, 1.165) is 28.1 Å². The zero-order valence-corrected chi connectivity index (χ0v) is 19.6. The van der Waals surface area contributed by atoms with E-state index in [0.29, 0.717) is 22.6 Å². The Morgan fingerprint density at radius 1 is 1.03 bits per heavy atom. The first kappa shape index (κ1) is 22.6. The summed E-state index contributed by atoms with van der Waals surface area (Å²) in [4.78, 5) is 30.8. The molecule has 0 aliphatic carbocycles. The number of aromatic nitrogens is 2. The van der Waals surface area contributed by atoms with Crippen LogP contribution in [-0.4, -0.2) is 28.3 Å². The number of fused-ring (bicyclic) bond motifs is 1. The number of amides is 1. The van der Waals surface area contributed by atoms with Crippen LogP contribution in [0.25, 0.3) is 16.6 Å². The fourth-order valence-electron chi connectivity index (χ4n) is 3.73. The minimum atomic E-state index is -0.141. The number of ether oxygens (including phenoxy) is 1. The average Bonchev–Trinajstić information content (AvgIpc) is 2.83. The van der Waals surface area contributed by atoms with E-state index < -0.39 is 0 Å². The molecule has 6 nitrogen and oxygen atoms in total. The van der Waals surface area contributed by atoms with Gasteiger partial charge in [0.2, 0.25) is 5.91 Å². The summed E-state index contributed by atoms with van der Waals surface area (Å²) in [6, 6.07) is 20.8. The van der Waals surface area contributed by atoms with Crippen molar-refractivity contribution in [3.63, 3.8) is 0 Å². The molecule has 4 aromatic rings. The topological polar surface area (TPSA) is 73.2 Å². The van der Waals surface area contributed by atoms with Crippen molar-refractivity contribution >= 4 is 28.6 Å². The Morgan fingerprint density at radius 2 is 1.76 bits per heavy atom. The number of thioether (sulfide) groups is 1. The number of carbonyl (C=O) groups excluding carboxylic acids is 1. The molecule has 0 unspecified atom stereocenters. The molecule has 1 aromatic heterocycles. The third-order valence-electron chi connectivity index (χ3n) is 5.36. The van der Waals surface area contributed by atoms with Crippen LogP contribution in [0.3, 0.4) is 0 Å². The van der Waals surface area contributed by atoms with Gasteiger partial charge in [0.05, 0.1) is 29.5 Å². The molecule has 1 N–H and O–H groups in total. The largest absolute Gasteiger partial charge is 0.497 e. The first-order valence-electron chi connectivity index (χ1n) is 10.6. The highest BCUT2D eigenvalue weighted by Gasteiger charge is 2.17. The minimum absolute atomic E-state index is 0.139. The molecule has 0 aliphatic rings. The molecule has 1 amide bonds. The molecule has 33 heavy (non-hydrogen) atoms. The molecule has 0 spiro atoms. The van der Waals surface area contributed by atoms with E-state index in [1.807, 2.05) is 74.5 Å². The van der Waals surface area contributed by atoms with Gasteiger partial charge in [-0.1, -0.05) is 54.2 Å². The van der Waals surface area contributed by atoms with Crippen LogP contribution < -0.4 is 15.6 Å². The second-order valence-electron chi connectivity index (χ2n) is 7.71. The molecule has 0 atom stereocenters. The van der Waals surface area contributed by atoms with Gasteiger partial charge in [0.25, 0.3) is 5.56 Å². The maximum atomic E-state index is 13.5. The molecule has 0 saturated carbocycles. The molecule has 1 heterocycles. The zero-order chi connectivity index (χ0) is 23.4. The van der Waals surface area contributed by atoms with Crippen molar-refractivity contribution in [3.8, 4) is 11.4 Å². The highest BCUT2D eigenvalue weighted by Crippen LogP contribution is 2.25. The third kappa shape index (κ3) is 4.93. The maximum Gasteiger partial charge on any atom is 0.266 e. The van der Waals surface area contributed by atoms with Gasteiger partial charge in [0.15, 0.2) is 5.16 Å². The van der Waals surface area contributed by atoms with Gasteiger partial charge in [-0.3, -0.25) is 14.2 Å². The lowest BCUT2D eigenvalue weighted by atomic mass is 10.1. The molecule has 4 rings (SSSR count). The Bertz CT molecular complexity index is 1360. The van der Waals surface area contributed by atoms with E-state index in [2.05, 4.69) is 5.32 Å². The van der Waals surface area contributed by atoms with Gasteiger partial charge in [-0.2, -0.15) is 0 Å². The summed E-state index contributed by atoms with van der Waals surface area (Å²) in [6.07, 6.45) is 0. The summed E-state index contributed by atoms with van der Waals surface area (Å²) in [7, 11) is 1.61. The van der Waals surface area contributed by atoms with Gasteiger partial charge >= 0.3 is 0 Å². The molecule has 168 valence electrons. The van der Waals surface area contributed by atoms with Crippen LogP contribution in [0.5, 0.6) is 5.75 Å². The lowest BCUT2D eigenvalue weighted by Gasteiger charge is -2.17. The summed E-state index contributed by atoms with van der Waals surface area (Å²) >= 11 is 1.25. The second kappa shape index (κ2) is 9.92. The van der Waals surface area contributed by atoms with Crippen LogP contribution in [-0.2, 0) is 11.3 Å². The Labute approximate surface area is 196 Å². The standard InChI is InChI=1S/C26H25N3O3S/c1-17-8-6-9-18(2)24(17)29-25(31)21-12-4-5-13-22(21)28-26(29)33-16-23(30)27-15-19-10-7-11-20(14-19)32-3/h4-14H,15-16H2,1-3H3,(H,27,30). The Morgan fingerprint density at radius 3 is 2.52 bits per heavy atom. The van der Waals surface area contributed by atoms with Crippen molar-refractivity contribution in [2.75, 3.05) is 12.9 Å². The van der Waals surface area contributed by atoms with E-state index in [9.17, 15) is 9.59 Å². The number of carbonyl (C=O) groups is 1. The number of rotatable bonds is 7. The van der Waals surface area contributed by atoms with Crippen LogP contribution in [0.2, 0.25) is 0 Å². The molecule has 3 aromatic carbocycles. The minimum Gasteiger partial charge on any atom is -0.497 e. The van der Waals surface area contributed by atoms with Crippen LogP contribution >= 0.6 is 11.8 Å². The van der Waals surface area contributed by atoms with Crippen LogP contribution in [0.15, 0.2) is 76.7 Å². The van der Waals surface area contributed by atoms with Gasteiger partial charge in [0.1, 0.15) is 5.75 Å². The Hall–Kier alpha value is -3.58. The fraction of sp³-hybridized carbons (Fsp3) is 0.192. The first-order chi connectivity index (χ1) is 16.0. The summed E-state index contributed by atoms with van der Waals surface area (Å²) in [5, 5.41) is 3.97. The normalized spacial score (nSPS) is 10.9. The van der Waals surface area contributed by atoms with Crippen molar-refractivity contribution in [1.82, 2.24) is 14.9 Å². The number of hydrogen-bond donors (Lipinski definition) is 1. The van der Waals surface area contributed by atoms with Gasteiger partial charge in [0, 0.05) is 6.54 Å². The average molecular weight is 460 g/mol. The highest BCUT2D eigenvalue weighted by molar-refractivity contribution is 7.99. The van der Waals surface area contributed by atoms with Gasteiger partial charge < -0.3 is 10.1 Å². The van der Waals surface area contributed by atoms with Crippen LogP contribution in [0, 0.1) is 13.8 Å². The first-order valence-corrected chi connectivity index (χ1v) is 11.6. The maximum absolute atomic E-state index is 13.5. The van der Waals surface area contributed by atoms with Crippen molar-refractivity contribution in [1.29, 1.82) is 0 Å². The van der Waals surface area contributed by atoms with E-state index in [1.165, 1.54) is 11.8 Å². The summed E-state index contributed by atoms with van der Waals surface area (Å²) in [5.74, 6) is 0.743. The van der Waals surface area contributed by atoms with E-state index in [-0.39, 0.29) is 17.2 Å². The van der Waals surface area contributed by atoms with Gasteiger partial charge in [-0.15, -0.1) is 0 Å². The smallest absolute Gasteiger partial charge is 0.266 e. The number of benzene rings is 3. The number of hydrogen-bond acceptors (Lipinski definition) is 5. The number of aryl methyl sites for hydroxylation is 2. The summed E-state index contributed by atoms with van der Waals surface area (Å²) in [5.41, 5.74) is 4.17. The van der Waals surface area contributed by atoms with E-state index >= 15 is 0 Å². The molecule has 0 fully saturated rings. The van der Waals surface area contributed by atoms with E-state index in [1.54, 1.807) is 17.7 Å². The predicted molar refractivity (Wildman–Crippen MR) is 132 cm³/mol. The molecular weight excluding hydrogens is 434 g/mol. The number of nitrogens with zero attached hydrogens (tertiary/aromatic N) is 2. The lowest BCUT2D eigenvalue weighted by Crippen LogP contribution is -2.26. The Kier molecular flexibility index (Phi) is 6.79. The van der Waals surface area contributed by atoms with Crippen molar-refractivity contribution in [2.24, 2.45) is 0 Å². The third-order valence-corrected chi connectivity index (χ3v) is 6.30. The highest BCUT2D eigenvalue weighted by atomic mass is 32.2. The van der Waals surface area contributed by atoms with Gasteiger partial charge in [-0.05, 0) is 54.8 Å². The summed E-state index contributed by atoms with van der Waals surface area (Å²) in [6.45, 7) is 4.34. The number of nitrogens with one attached hydrogen (secondary N) is 1.